The van der Waals surface area contributed by atoms with Crippen LogP contribution in [-0.2, 0) is 9.59 Å². The summed E-state index contributed by atoms with van der Waals surface area (Å²) in [6.07, 6.45) is 2.57. The Balaban J connectivity index is 1.62. The molecule has 0 saturated carbocycles. The second-order valence-electron chi connectivity index (χ2n) is 6.17. The highest BCUT2D eigenvalue weighted by molar-refractivity contribution is 7.97. The molecule has 0 bridgehead atoms. The van der Waals surface area contributed by atoms with Crippen molar-refractivity contribution in [2.24, 2.45) is 0 Å². The Morgan fingerprint density at radius 3 is 2.69 bits per heavy atom. The van der Waals surface area contributed by atoms with Gasteiger partial charge in [-0.25, -0.2) is 9.29 Å². The Labute approximate surface area is 170 Å². The average Bonchev–Trinajstić information content (AvgIpc) is 2.72. The second-order valence-corrected chi connectivity index (χ2v) is 7.31. The number of halogens is 2. The molecule has 1 N–H and O–H groups in total. The third-order valence-corrected chi connectivity index (χ3v) is 5.52. The molecule has 0 radical (unpaired) electrons. The van der Waals surface area contributed by atoms with Crippen LogP contribution >= 0.6 is 11.9 Å². The molecule has 1 aromatic heterocycles. The number of fused-ring (bicyclic) bond motifs is 1. The molecular formula is C19H20F2N4O3S. The summed E-state index contributed by atoms with van der Waals surface area (Å²) in [5, 5.41) is 3.77. The monoisotopic (exact) mass is 422 g/mol. The molecule has 1 aliphatic rings. The third-order valence-electron chi connectivity index (χ3n) is 4.35. The Bertz CT molecular complexity index is 904. The van der Waals surface area contributed by atoms with Gasteiger partial charge in [-0.3, -0.25) is 9.59 Å². The summed E-state index contributed by atoms with van der Waals surface area (Å²) < 4.78 is 31.8. The predicted octanol–water partition coefficient (Wildman–Crippen LogP) is 2.29. The number of hydrogen-bond donors (Lipinski definition) is 1. The van der Waals surface area contributed by atoms with Crippen molar-refractivity contribution < 1.29 is 23.1 Å². The van der Waals surface area contributed by atoms with Gasteiger partial charge in [0.2, 0.25) is 17.7 Å². The van der Waals surface area contributed by atoms with Gasteiger partial charge in [0.05, 0.1) is 6.54 Å². The largest absolute Gasteiger partial charge is 0.416 e. The first kappa shape index (κ1) is 21.0. The van der Waals surface area contributed by atoms with Gasteiger partial charge in [0.15, 0.2) is 0 Å². The number of hydrogen-bond acceptors (Lipinski definition) is 6. The van der Waals surface area contributed by atoms with E-state index in [2.05, 4.69) is 25.9 Å². The SMILES string of the molecule is C=CC(=O)NCC(=O)N1CCN(Sc2cccc3c(OC(F)F)nccc23)CC1. The molecule has 1 fully saturated rings. The number of carbonyl (C=O) groups excluding carboxylic acids is 2. The van der Waals surface area contributed by atoms with Crippen molar-refractivity contribution in [2.75, 3.05) is 32.7 Å². The summed E-state index contributed by atoms with van der Waals surface area (Å²) in [6, 6.07) is 7.13. The smallest absolute Gasteiger partial charge is 0.388 e. The third kappa shape index (κ3) is 5.42. The number of nitrogens with zero attached hydrogens (tertiary/aromatic N) is 3. The van der Waals surface area contributed by atoms with Crippen LogP contribution in [0.15, 0.2) is 48.0 Å². The van der Waals surface area contributed by atoms with Crippen molar-refractivity contribution in [3.05, 3.63) is 43.1 Å². The van der Waals surface area contributed by atoms with Crippen LogP contribution < -0.4 is 10.1 Å². The molecule has 0 unspecified atom stereocenters. The molecule has 0 spiro atoms. The molecule has 10 heteroatoms. The lowest BCUT2D eigenvalue weighted by Gasteiger charge is -2.34. The second kappa shape index (κ2) is 9.66. The molecule has 2 heterocycles. The van der Waals surface area contributed by atoms with E-state index in [1.165, 1.54) is 18.1 Å². The van der Waals surface area contributed by atoms with E-state index in [0.29, 0.717) is 31.6 Å². The van der Waals surface area contributed by atoms with Crippen LogP contribution in [0.1, 0.15) is 0 Å². The van der Waals surface area contributed by atoms with Crippen molar-refractivity contribution in [3.63, 3.8) is 0 Å². The summed E-state index contributed by atoms with van der Waals surface area (Å²) in [5.74, 6) is -0.625. The number of rotatable bonds is 7. The van der Waals surface area contributed by atoms with E-state index in [1.54, 1.807) is 23.1 Å². The summed E-state index contributed by atoms with van der Waals surface area (Å²) in [7, 11) is 0. The van der Waals surface area contributed by atoms with E-state index in [0.717, 1.165) is 16.4 Å². The fraction of sp³-hybridized carbons (Fsp3) is 0.316. The standard InChI is InChI=1S/C19H20F2N4O3S/c1-2-16(26)23-12-17(27)24-8-10-25(11-9-24)29-15-5-3-4-14-13(15)6-7-22-18(14)28-19(20)21/h2-7,19H,1,8-12H2,(H,23,26). The lowest BCUT2D eigenvalue weighted by molar-refractivity contribution is -0.133. The highest BCUT2D eigenvalue weighted by atomic mass is 32.2. The average molecular weight is 422 g/mol. The lowest BCUT2D eigenvalue weighted by atomic mass is 10.2. The van der Waals surface area contributed by atoms with E-state index < -0.39 is 6.61 Å². The first-order valence-electron chi connectivity index (χ1n) is 8.91. The molecule has 1 saturated heterocycles. The van der Waals surface area contributed by atoms with Crippen LogP contribution in [0.2, 0.25) is 0 Å². The first-order valence-corrected chi connectivity index (χ1v) is 9.68. The van der Waals surface area contributed by atoms with Crippen molar-refractivity contribution in [2.45, 2.75) is 11.5 Å². The van der Waals surface area contributed by atoms with Crippen LogP contribution in [0.5, 0.6) is 5.88 Å². The zero-order valence-electron chi connectivity index (χ0n) is 15.5. The van der Waals surface area contributed by atoms with Crippen LogP contribution in [0, 0.1) is 0 Å². The minimum atomic E-state index is -2.94. The number of aromatic nitrogens is 1. The molecule has 1 aliphatic heterocycles. The summed E-state index contributed by atoms with van der Waals surface area (Å²) >= 11 is 1.50. The molecule has 2 amide bonds. The fourth-order valence-corrected chi connectivity index (χ4v) is 3.96. The molecule has 0 atom stereocenters. The number of alkyl halides is 2. The maximum absolute atomic E-state index is 12.6. The van der Waals surface area contributed by atoms with E-state index >= 15 is 0 Å². The number of amides is 2. The molecule has 154 valence electrons. The van der Waals surface area contributed by atoms with Crippen molar-refractivity contribution in [3.8, 4) is 5.88 Å². The zero-order valence-corrected chi connectivity index (χ0v) is 16.3. The van der Waals surface area contributed by atoms with Gasteiger partial charge in [0.25, 0.3) is 0 Å². The van der Waals surface area contributed by atoms with Crippen molar-refractivity contribution in [1.29, 1.82) is 0 Å². The number of pyridine rings is 1. The normalized spacial score (nSPS) is 14.8. The molecule has 7 nitrogen and oxygen atoms in total. The maximum atomic E-state index is 12.6. The highest BCUT2D eigenvalue weighted by Gasteiger charge is 2.22. The van der Waals surface area contributed by atoms with Crippen molar-refractivity contribution in [1.82, 2.24) is 19.5 Å². The topological polar surface area (TPSA) is 74.8 Å². The van der Waals surface area contributed by atoms with E-state index in [1.807, 2.05) is 6.07 Å². The van der Waals surface area contributed by atoms with E-state index in [9.17, 15) is 18.4 Å². The van der Waals surface area contributed by atoms with Crippen LogP contribution in [0.4, 0.5) is 8.78 Å². The number of ether oxygens (including phenoxy) is 1. The molecule has 2 aromatic rings. The first-order chi connectivity index (χ1) is 14.0. The fourth-order valence-electron chi connectivity index (χ4n) is 2.92. The highest BCUT2D eigenvalue weighted by Crippen LogP contribution is 2.34. The van der Waals surface area contributed by atoms with Gasteiger partial charge in [0, 0.05) is 48.0 Å². The predicted molar refractivity (Wildman–Crippen MR) is 106 cm³/mol. The van der Waals surface area contributed by atoms with E-state index in [4.69, 9.17) is 0 Å². The summed E-state index contributed by atoms with van der Waals surface area (Å²) in [5.41, 5.74) is 0. The maximum Gasteiger partial charge on any atom is 0.388 e. The quantitative estimate of drug-likeness (QED) is 0.545. The molecular weight excluding hydrogens is 402 g/mol. The summed E-state index contributed by atoms with van der Waals surface area (Å²) in [6.45, 7) is 2.68. The van der Waals surface area contributed by atoms with Gasteiger partial charge >= 0.3 is 6.61 Å². The Kier molecular flexibility index (Phi) is 6.99. The molecule has 0 aliphatic carbocycles. The molecule has 1 aromatic carbocycles. The number of benzene rings is 1. The lowest BCUT2D eigenvalue weighted by Crippen LogP contribution is -2.49. The van der Waals surface area contributed by atoms with Crippen molar-refractivity contribution >= 4 is 34.5 Å². The van der Waals surface area contributed by atoms with Crippen LogP contribution in [-0.4, -0.2) is 65.3 Å². The molecule has 29 heavy (non-hydrogen) atoms. The number of nitrogens with one attached hydrogen (secondary N) is 1. The van der Waals surface area contributed by atoms with Gasteiger partial charge in [0.1, 0.15) is 0 Å². The van der Waals surface area contributed by atoms with Gasteiger partial charge in [-0.1, -0.05) is 12.6 Å². The minimum Gasteiger partial charge on any atom is -0.416 e. The van der Waals surface area contributed by atoms with Crippen LogP contribution in [0.25, 0.3) is 10.8 Å². The van der Waals surface area contributed by atoms with E-state index in [-0.39, 0.29) is 24.2 Å². The Morgan fingerprint density at radius 1 is 1.24 bits per heavy atom. The van der Waals surface area contributed by atoms with Gasteiger partial charge in [-0.2, -0.15) is 8.78 Å². The Hall–Kier alpha value is -2.72. The van der Waals surface area contributed by atoms with Gasteiger partial charge in [-0.05, 0) is 36.2 Å². The van der Waals surface area contributed by atoms with Gasteiger partial charge in [-0.15, -0.1) is 0 Å². The molecule has 3 rings (SSSR count). The van der Waals surface area contributed by atoms with Crippen LogP contribution in [0.3, 0.4) is 0 Å². The number of carbonyl (C=O) groups is 2. The Morgan fingerprint density at radius 2 is 2.00 bits per heavy atom. The minimum absolute atomic E-state index is 0.0543. The summed E-state index contributed by atoms with van der Waals surface area (Å²) in [4.78, 5) is 29.8. The zero-order chi connectivity index (χ0) is 20.8. The van der Waals surface area contributed by atoms with Gasteiger partial charge < -0.3 is 15.0 Å². The number of piperazine rings is 1.